The van der Waals surface area contributed by atoms with Crippen LogP contribution in [0.15, 0.2) is 0 Å². The summed E-state index contributed by atoms with van der Waals surface area (Å²) in [5.41, 5.74) is 0. The van der Waals surface area contributed by atoms with Gasteiger partial charge in [0, 0.05) is 44.8 Å². The van der Waals surface area contributed by atoms with Crippen molar-refractivity contribution in [3.63, 3.8) is 0 Å². The number of rotatable bonds is 13. The fourth-order valence-electron chi connectivity index (χ4n) is 2.61. The van der Waals surface area contributed by atoms with E-state index in [0.717, 1.165) is 24.2 Å². The van der Waals surface area contributed by atoms with Gasteiger partial charge in [0.2, 0.25) is 23.6 Å². The van der Waals surface area contributed by atoms with Gasteiger partial charge in [-0.3, -0.25) is 24.1 Å². The average Bonchev–Trinajstić information content (AvgIpc) is 2.85. The Bertz CT molecular complexity index is 495. The molecule has 2 N–H and O–H groups in total. The molecule has 0 aliphatic carbocycles. The van der Waals surface area contributed by atoms with Crippen LogP contribution in [-0.2, 0) is 23.9 Å². The second kappa shape index (κ2) is 12.4. The van der Waals surface area contributed by atoms with Gasteiger partial charge in [-0.05, 0) is 6.42 Å². The number of unbranched alkanes of at least 4 members (excludes halogenated alkanes) is 2. The molecule has 1 aliphatic rings. The first-order valence-corrected chi connectivity index (χ1v) is 9.41. The summed E-state index contributed by atoms with van der Waals surface area (Å²) >= 11 is 0. The van der Waals surface area contributed by atoms with E-state index in [1.54, 1.807) is 6.92 Å². The van der Waals surface area contributed by atoms with Gasteiger partial charge in [0.15, 0.2) is 0 Å². The molecule has 8 heteroatoms. The van der Waals surface area contributed by atoms with Crippen molar-refractivity contribution in [1.82, 2.24) is 15.5 Å². The van der Waals surface area contributed by atoms with Crippen LogP contribution in [0.1, 0.15) is 52.4 Å². The number of likely N-dealkylation sites (tertiary alicyclic amines) is 1. The van der Waals surface area contributed by atoms with Gasteiger partial charge >= 0.3 is 0 Å². The third-order valence-corrected chi connectivity index (χ3v) is 4.18. The van der Waals surface area contributed by atoms with Crippen molar-refractivity contribution in [2.45, 2.75) is 52.4 Å². The van der Waals surface area contributed by atoms with Crippen LogP contribution in [0.5, 0.6) is 0 Å². The molecule has 0 saturated carbocycles. The van der Waals surface area contributed by atoms with E-state index < -0.39 is 0 Å². The number of carbonyl (C=O) groups excluding carboxylic acids is 4. The number of nitrogens with one attached hydrogen (secondary N) is 2. The lowest BCUT2D eigenvalue weighted by Gasteiger charge is -2.14. The second-order valence-electron chi connectivity index (χ2n) is 6.51. The van der Waals surface area contributed by atoms with Crippen LogP contribution >= 0.6 is 0 Å². The third-order valence-electron chi connectivity index (χ3n) is 4.18. The fraction of sp³-hybridized carbons (Fsp3) is 0.778. The van der Waals surface area contributed by atoms with Crippen molar-refractivity contribution in [3.05, 3.63) is 0 Å². The molecule has 1 fully saturated rings. The first-order chi connectivity index (χ1) is 12.5. The molecule has 4 amide bonds. The third kappa shape index (κ3) is 8.42. The first-order valence-electron chi connectivity index (χ1n) is 9.41. The SMILES string of the molecule is CCCCCNC(=O)CCOCCNC(=O)CCN1C(=O)CC(C)C1=O. The van der Waals surface area contributed by atoms with E-state index in [1.165, 1.54) is 0 Å². The Kier molecular flexibility index (Phi) is 10.5. The maximum absolute atomic E-state index is 11.7. The Balaban J connectivity index is 1.99. The maximum Gasteiger partial charge on any atom is 0.232 e. The summed E-state index contributed by atoms with van der Waals surface area (Å²) in [7, 11) is 0. The molecule has 1 saturated heterocycles. The topological polar surface area (TPSA) is 105 Å². The van der Waals surface area contributed by atoms with E-state index in [4.69, 9.17) is 4.74 Å². The molecule has 1 atom stereocenters. The Labute approximate surface area is 155 Å². The molecule has 8 nitrogen and oxygen atoms in total. The van der Waals surface area contributed by atoms with Crippen LogP contribution in [0.4, 0.5) is 0 Å². The Hall–Kier alpha value is -1.96. The maximum atomic E-state index is 11.7. The van der Waals surface area contributed by atoms with Crippen molar-refractivity contribution in [3.8, 4) is 0 Å². The van der Waals surface area contributed by atoms with Gasteiger partial charge in [-0.1, -0.05) is 26.7 Å². The van der Waals surface area contributed by atoms with Gasteiger partial charge in [0.1, 0.15) is 0 Å². The summed E-state index contributed by atoms with van der Waals surface area (Å²) < 4.78 is 5.31. The standard InChI is InChI=1S/C18H31N3O5/c1-3-4-5-8-19-16(23)7-11-26-12-9-20-15(22)6-10-21-17(24)13-14(2)18(21)25/h14H,3-13H2,1-2H3,(H,19,23)(H,20,22). The predicted octanol–water partition coefficient (Wildman–Crippen LogP) is 0.601. The molecule has 0 spiro atoms. The molecule has 1 heterocycles. The van der Waals surface area contributed by atoms with Crippen LogP contribution in [0, 0.1) is 5.92 Å². The van der Waals surface area contributed by atoms with Gasteiger partial charge in [0.05, 0.1) is 13.2 Å². The quantitative estimate of drug-likeness (QED) is 0.365. The molecule has 1 aliphatic heterocycles. The lowest BCUT2D eigenvalue weighted by molar-refractivity contribution is -0.139. The smallest absolute Gasteiger partial charge is 0.232 e. The zero-order valence-electron chi connectivity index (χ0n) is 15.8. The highest BCUT2D eigenvalue weighted by atomic mass is 16.5. The van der Waals surface area contributed by atoms with E-state index >= 15 is 0 Å². The molecular weight excluding hydrogens is 338 g/mol. The van der Waals surface area contributed by atoms with Gasteiger partial charge in [-0.25, -0.2) is 0 Å². The molecule has 1 unspecified atom stereocenters. The summed E-state index contributed by atoms with van der Waals surface area (Å²) in [5, 5.41) is 5.50. The lowest BCUT2D eigenvalue weighted by atomic mass is 10.1. The highest BCUT2D eigenvalue weighted by molar-refractivity contribution is 6.03. The Morgan fingerprint density at radius 2 is 1.77 bits per heavy atom. The second-order valence-corrected chi connectivity index (χ2v) is 6.51. The Morgan fingerprint density at radius 3 is 2.42 bits per heavy atom. The van der Waals surface area contributed by atoms with Crippen molar-refractivity contribution in [2.75, 3.05) is 32.8 Å². The molecule has 0 bridgehead atoms. The number of nitrogens with zero attached hydrogens (tertiary/aromatic N) is 1. The first kappa shape index (κ1) is 22.1. The zero-order valence-corrected chi connectivity index (χ0v) is 15.8. The summed E-state index contributed by atoms with van der Waals surface area (Å²) in [6, 6.07) is 0. The van der Waals surface area contributed by atoms with E-state index in [1.807, 2.05) is 0 Å². The summed E-state index contributed by atoms with van der Waals surface area (Å²) in [5.74, 6) is -0.977. The van der Waals surface area contributed by atoms with Gasteiger partial charge < -0.3 is 15.4 Å². The molecule has 148 valence electrons. The van der Waals surface area contributed by atoms with Gasteiger partial charge in [0.25, 0.3) is 0 Å². The van der Waals surface area contributed by atoms with E-state index in [-0.39, 0.29) is 48.9 Å². The minimum atomic E-state index is -0.289. The van der Waals surface area contributed by atoms with Gasteiger partial charge in [-0.2, -0.15) is 0 Å². The number of hydrogen-bond acceptors (Lipinski definition) is 5. The van der Waals surface area contributed by atoms with Crippen LogP contribution in [-0.4, -0.2) is 61.4 Å². The number of carbonyl (C=O) groups is 4. The normalized spacial score (nSPS) is 16.8. The molecular formula is C18H31N3O5. The van der Waals surface area contributed by atoms with Crippen LogP contribution in [0.25, 0.3) is 0 Å². The monoisotopic (exact) mass is 369 g/mol. The number of ether oxygens (including phenoxy) is 1. The number of imide groups is 1. The molecule has 0 aromatic carbocycles. The highest BCUT2D eigenvalue weighted by Crippen LogP contribution is 2.18. The summed E-state index contributed by atoms with van der Waals surface area (Å²) in [4.78, 5) is 47.7. The minimum Gasteiger partial charge on any atom is -0.379 e. The highest BCUT2D eigenvalue weighted by Gasteiger charge is 2.35. The van der Waals surface area contributed by atoms with E-state index in [9.17, 15) is 19.2 Å². The van der Waals surface area contributed by atoms with E-state index in [2.05, 4.69) is 17.6 Å². The summed E-state index contributed by atoms with van der Waals surface area (Å²) in [6.45, 7) is 5.59. The molecule has 0 aromatic rings. The fourth-order valence-corrected chi connectivity index (χ4v) is 2.61. The number of amides is 4. The lowest BCUT2D eigenvalue weighted by Crippen LogP contribution is -2.35. The van der Waals surface area contributed by atoms with Crippen molar-refractivity contribution in [2.24, 2.45) is 5.92 Å². The average molecular weight is 369 g/mol. The molecule has 0 radical (unpaired) electrons. The van der Waals surface area contributed by atoms with Crippen LogP contribution in [0.3, 0.4) is 0 Å². The predicted molar refractivity (Wildman–Crippen MR) is 96.1 cm³/mol. The van der Waals surface area contributed by atoms with Crippen LogP contribution in [0.2, 0.25) is 0 Å². The van der Waals surface area contributed by atoms with Gasteiger partial charge in [-0.15, -0.1) is 0 Å². The number of hydrogen-bond donors (Lipinski definition) is 2. The van der Waals surface area contributed by atoms with Crippen LogP contribution < -0.4 is 10.6 Å². The summed E-state index contributed by atoms with van der Waals surface area (Å²) in [6.07, 6.45) is 3.83. The molecule has 0 aromatic heterocycles. The van der Waals surface area contributed by atoms with Crippen molar-refractivity contribution < 1.29 is 23.9 Å². The zero-order chi connectivity index (χ0) is 19.4. The van der Waals surface area contributed by atoms with Crippen molar-refractivity contribution >= 4 is 23.6 Å². The minimum absolute atomic E-state index is 0.0284. The Morgan fingerprint density at radius 1 is 1.08 bits per heavy atom. The van der Waals surface area contributed by atoms with E-state index in [0.29, 0.717) is 32.7 Å². The largest absolute Gasteiger partial charge is 0.379 e. The molecule has 1 rings (SSSR count). The molecule has 26 heavy (non-hydrogen) atoms. The van der Waals surface area contributed by atoms with Crippen molar-refractivity contribution in [1.29, 1.82) is 0 Å².